The molecule has 2 aromatic rings. The Labute approximate surface area is 150 Å². The number of carbonyl (C=O) groups excluding carboxylic acids is 2. The van der Waals surface area contributed by atoms with Gasteiger partial charge in [0, 0.05) is 12.1 Å². The van der Waals surface area contributed by atoms with Crippen LogP contribution in [0.5, 0.6) is 0 Å². The molecule has 0 bridgehead atoms. The smallest absolute Gasteiger partial charge is 0.240 e. The molecule has 0 aliphatic carbocycles. The Morgan fingerprint density at radius 1 is 1.08 bits per heavy atom. The summed E-state index contributed by atoms with van der Waals surface area (Å²) in [6, 6.07) is 15.3. The van der Waals surface area contributed by atoms with E-state index in [1.54, 1.807) is 0 Å². The largest absolute Gasteiger partial charge is 0.326 e. The number of hydrogen-bond acceptors (Lipinski definition) is 4. The van der Waals surface area contributed by atoms with Gasteiger partial charge in [0.25, 0.3) is 0 Å². The molecule has 2 aromatic carbocycles. The SMILES string of the molecule is Cc1ccc(N=C2NC(=O)[C@@H](CC(=O)Nc3ccc(C)cc3)S2)cc1. The number of thioether (sulfide) groups is 1. The van der Waals surface area contributed by atoms with Crippen LogP contribution in [-0.2, 0) is 9.59 Å². The summed E-state index contributed by atoms with van der Waals surface area (Å²) >= 11 is 1.29. The maximum Gasteiger partial charge on any atom is 0.240 e. The van der Waals surface area contributed by atoms with E-state index in [1.165, 1.54) is 11.8 Å². The van der Waals surface area contributed by atoms with Crippen molar-refractivity contribution in [2.75, 3.05) is 5.32 Å². The highest BCUT2D eigenvalue weighted by Crippen LogP contribution is 2.25. The maximum absolute atomic E-state index is 12.2. The van der Waals surface area contributed by atoms with Crippen LogP contribution in [0.2, 0.25) is 0 Å². The molecule has 25 heavy (non-hydrogen) atoms. The third kappa shape index (κ3) is 4.70. The van der Waals surface area contributed by atoms with Gasteiger partial charge in [0.2, 0.25) is 11.8 Å². The van der Waals surface area contributed by atoms with Crippen LogP contribution in [0.1, 0.15) is 17.5 Å². The predicted molar refractivity (Wildman–Crippen MR) is 102 cm³/mol. The minimum absolute atomic E-state index is 0.108. The zero-order valence-corrected chi connectivity index (χ0v) is 14.9. The molecule has 2 amide bonds. The highest BCUT2D eigenvalue weighted by atomic mass is 32.2. The van der Waals surface area contributed by atoms with Gasteiger partial charge in [-0.3, -0.25) is 9.59 Å². The van der Waals surface area contributed by atoms with Crippen LogP contribution in [0.3, 0.4) is 0 Å². The highest BCUT2D eigenvalue weighted by molar-refractivity contribution is 8.15. The summed E-state index contributed by atoms with van der Waals surface area (Å²) in [6.07, 6.45) is 0.108. The number of anilines is 1. The third-order valence-corrected chi connectivity index (χ3v) is 4.83. The van der Waals surface area contributed by atoms with E-state index in [0.717, 1.165) is 22.5 Å². The molecule has 1 atom stereocenters. The van der Waals surface area contributed by atoms with Crippen molar-refractivity contribution in [2.45, 2.75) is 25.5 Å². The van der Waals surface area contributed by atoms with Crippen LogP contribution in [0.15, 0.2) is 53.5 Å². The zero-order valence-electron chi connectivity index (χ0n) is 14.1. The third-order valence-electron chi connectivity index (χ3n) is 3.75. The lowest BCUT2D eigenvalue weighted by atomic mass is 10.2. The highest BCUT2D eigenvalue weighted by Gasteiger charge is 2.32. The summed E-state index contributed by atoms with van der Waals surface area (Å²) in [6.45, 7) is 3.99. The Morgan fingerprint density at radius 2 is 1.68 bits per heavy atom. The number of amidine groups is 1. The van der Waals surface area contributed by atoms with Gasteiger partial charge in [0.05, 0.1) is 5.69 Å². The Kier molecular flexibility index (Phi) is 5.19. The Morgan fingerprint density at radius 3 is 2.32 bits per heavy atom. The fourth-order valence-electron chi connectivity index (χ4n) is 2.35. The van der Waals surface area contributed by atoms with Crippen molar-refractivity contribution in [3.05, 3.63) is 59.7 Å². The molecule has 1 saturated heterocycles. The number of aliphatic imine (C=N–C) groups is 1. The van der Waals surface area contributed by atoms with E-state index in [1.807, 2.05) is 62.4 Å². The van der Waals surface area contributed by atoms with Gasteiger partial charge in [-0.2, -0.15) is 0 Å². The van der Waals surface area contributed by atoms with Crippen molar-refractivity contribution in [3.63, 3.8) is 0 Å². The fourth-order valence-corrected chi connectivity index (χ4v) is 3.33. The second-order valence-corrected chi connectivity index (χ2v) is 7.16. The van der Waals surface area contributed by atoms with Gasteiger partial charge in [-0.1, -0.05) is 47.2 Å². The van der Waals surface area contributed by atoms with E-state index in [4.69, 9.17) is 0 Å². The quantitative estimate of drug-likeness (QED) is 0.883. The van der Waals surface area contributed by atoms with Crippen molar-refractivity contribution in [2.24, 2.45) is 4.99 Å². The van der Waals surface area contributed by atoms with Gasteiger partial charge >= 0.3 is 0 Å². The molecule has 0 radical (unpaired) electrons. The molecule has 128 valence electrons. The van der Waals surface area contributed by atoms with Gasteiger partial charge in [0.1, 0.15) is 5.25 Å². The molecule has 3 rings (SSSR count). The lowest BCUT2D eigenvalue weighted by molar-refractivity contribution is -0.122. The molecule has 2 N–H and O–H groups in total. The molecular weight excluding hydrogens is 334 g/mol. The van der Waals surface area contributed by atoms with Gasteiger partial charge in [-0.05, 0) is 38.1 Å². The van der Waals surface area contributed by atoms with Crippen LogP contribution in [0.25, 0.3) is 0 Å². The van der Waals surface area contributed by atoms with E-state index < -0.39 is 5.25 Å². The Hall–Kier alpha value is -2.60. The van der Waals surface area contributed by atoms with Gasteiger partial charge in [-0.25, -0.2) is 4.99 Å². The molecular formula is C19H19N3O2S. The average Bonchev–Trinajstić information content (AvgIpc) is 2.91. The van der Waals surface area contributed by atoms with Gasteiger partial charge < -0.3 is 10.6 Å². The molecule has 1 aliphatic rings. The molecule has 1 aliphatic heterocycles. The number of amides is 2. The number of aryl methyl sites for hydroxylation is 2. The second kappa shape index (κ2) is 7.53. The van der Waals surface area contributed by atoms with Crippen LogP contribution in [0, 0.1) is 13.8 Å². The minimum atomic E-state index is -0.463. The van der Waals surface area contributed by atoms with E-state index in [2.05, 4.69) is 15.6 Å². The van der Waals surface area contributed by atoms with E-state index in [0.29, 0.717) is 5.17 Å². The summed E-state index contributed by atoms with van der Waals surface area (Å²) in [7, 11) is 0. The second-order valence-electron chi connectivity index (χ2n) is 5.97. The predicted octanol–water partition coefficient (Wildman–Crippen LogP) is 3.55. The molecule has 0 spiro atoms. The first-order chi connectivity index (χ1) is 12.0. The molecule has 0 saturated carbocycles. The van der Waals surface area contributed by atoms with Crippen molar-refractivity contribution >= 4 is 40.1 Å². The minimum Gasteiger partial charge on any atom is -0.326 e. The summed E-state index contributed by atoms with van der Waals surface area (Å²) in [5.41, 5.74) is 3.78. The van der Waals surface area contributed by atoms with Crippen LogP contribution in [0.4, 0.5) is 11.4 Å². The van der Waals surface area contributed by atoms with Crippen molar-refractivity contribution in [3.8, 4) is 0 Å². The summed E-state index contributed by atoms with van der Waals surface area (Å²) in [4.78, 5) is 28.6. The lowest BCUT2D eigenvalue weighted by Crippen LogP contribution is -2.28. The lowest BCUT2D eigenvalue weighted by Gasteiger charge is -2.07. The Bertz CT molecular complexity index is 814. The number of benzene rings is 2. The van der Waals surface area contributed by atoms with Crippen molar-refractivity contribution < 1.29 is 9.59 Å². The van der Waals surface area contributed by atoms with Gasteiger partial charge in [0.15, 0.2) is 5.17 Å². The summed E-state index contributed by atoms with van der Waals surface area (Å²) < 4.78 is 0. The zero-order chi connectivity index (χ0) is 17.8. The monoisotopic (exact) mass is 353 g/mol. The number of carbonyl (C=O) groups is 2. The molecule has 1 fully saturated rings. The van der Waals surface area contributed by atoms with E-state index in [-0.39, 0.29) is 18.2 Å². The fraction of sp³-hybridized carbons (Fsp3) is 0.211. The Balaban J connectivity index is 1.59. The number of nitrogens with zero attached hydrogens (tertiary/aromatic N) is 1. The maximum atomic E-state index is 12.2. The van der Waals surface area contributed by atoms with Crippen molar-refractivity contribution in [1.29, 1.82) is 0 Å². The summed E-state index contributed by atoms with van der Waals surface area (Å²) in [5, 5.41) is 5.62. The average molecular weight is 353 g/mol. The van der Waals surface area contributed by atoms with Crippen LogP contribution in [-0.4, -0.2) is 22.2 Å². The van der Waals surface area contributed by atoms with E-state index in [9.17, 15) is 9.59 Å². The molecule has 5 nitrogen and oxygen atoms in total. The normalized spacial score (nSPS) is 18.2. The summed E-state index contributed by atoms with van der Waals surface area (Å²) in [5.74, 6) is -0.372. The first-order valence-electron chi connectivity index (χ1n) is 7.99. The topological polar surface area (TPSA) is 70.6 Å². The van der Waals surface area contributed by atoms with Crippen LogP contribution >= 0.6 is 11.8 Å². The molecule has 6 heteroatoms. The first kappa shape index (κ1) is 17.2. The molecule has 0 aromatic heterocycles. The van der Waals surface area contributed by atoms with E-state index >= 15 is 0 Å². The number of rotatable bonds is 4. The first-order valence-corrected chi connectivity index (χ1v) is 8.87. The standard InChI is InChI=1S/C19H19N3O2S/c1-12-3-7-14(8-4-12)20-17(23)11-16-18(24)22-19(25-16)21-15-9-5-13(2)6-10-15/h3-10,16H,11H2,1-2H3,(H,20,23)(H,21,22,24)/t16-/m1/s1. The molecule has 1 heterocycles. The van der Waals surface area contributed by atoms with Gasteiger partial charge in [-0.15, -0.1) is 0 Å². The van der Waals surface area contributed by atoms with Crippen molar-refractivity contribution in [1.82, 2.24) is 5.32 Å². The number of nitrogens with one attached hydrogen (secondary N) is 2. The molecule has 0 unspecified atom stereocenters. The van der Waals surface area contributed by atoms with Crippen LogP contribution < -0.4 is 10.6 Å². The number of hydrogen-bond donors (Lipinski definition) is 2.